The largest absolute Gasteiger partial charge is 0.497 e. The van der Waals surface area contributed by atoms with Crippen LogP contribution in [0.15, 0.2) is 30.3 Å². The van der Waals surface area contributed by atoms with Gasteiger partial charge in [0.25, 0.3) is 0 Å². The molecule has 32 heavy (non-hydrogen) atoms. The number of anilines is 1. The SMILES string of the molecule is CCCCCC(=O)N(CCC)CC(=O)Nc1cc(C(C)(C)C)nn1-c1ccc(OC)cc1. The summed E-state index contributed by atoms with van der Waals surface area (Å²) < 4.78 is 6.97. The van der Waals surface area contributed by atoms with E-state index in [2.05, 4.69) is 33.0 Å². The fourth-order valence-electron chi connectivity index (χ4n) is 3.36. The molecule has 1 heterocycles. The zero-order valence-corrected chi connectivity index (χ0v) is 20.4. The topological polar surface area (TPSA) is 76.5 Å². The minimum atomic E-state index is -0.225. The summed E-state index contributed by atoms with van der Waals surface area (Å²) in [6.45, 7) is 11.0. The van der Waals surface area contributed by atoms with E-state index in [4.69, 9.17) is 9.84 Å². The first kappa shape index (κ1) is 25.4. The Morgan fingerprint density at radius 3 is 2.34 bits per heavy atom. The van der Waals surface area contributed by atoms with Gasteiger partial charge in [0.1, 0.15) is 11.6 Å². The second-order valence-electron chi connectivity index (χ2n) is 9.10. The van der Waals surface area contributed by atoms with Gasteiger partial charge in [0.15, 0.2) is 0 Å². The summed E-state index contributed by atoms with van der Waals surface area (Å²) in [4.78, 5) is 27.2. The van der Waals surface area contributed by atoms with Gasteiger partial charge in [-0.15, -0.1) is 0 Å². The molecule has 7 nitrogen and oxygen atoms in total. The quantitative estimate of drug-likeness (QED) is 0.500. The fraction of sp³-hybridized carbons (Fsp3) is 0.560. The molecule has 2 aromatic rings. The minimum Gasteiger partial charge on any atom is -0.497 e. The van der Waals surface area contributed by atoms with Crippen LogP contribution in [0.4, 0.5) is 5.82 Å². The number of rotatable bonds is 11. The highest BCUT2D eigenvalue weighted by molar-refractivity contribution is 5.94. The van der Waals surface area contributed by atoms with E-state index >= 15 is 0 Å². The number of carbonyl (C=O) groups excluding carboxylic acids is 2. The molecule has 1 aromatic carbocycles. The van der Waals surface area contributed by atoms with Crippen LogP contribution in [0.3, 0.4) is 0 Å². The van der Waals surface area contributed by atoms with E-state index in [-0.39, 0.29) is 23.8 Å². The molecular formula is C25H38N4O3. The van der Waals surface area contributed by atoms with Gasteiger partial charge < -0.3 is 15.0 Å². The molecule has 0 aliphatic rings. The van der Waals surface area contributed by atoms with Gasteiger partial charge >= 0.3 is 0 Å². The van der Waals surface area contributed by atoms with Gasteiger partial charge in [0, 0.05) is 24.4 Å². The van der Waals surface area contributed by atoms with Gasteiger partial charge in [0.2, 0.25) is 11.8 Å². The number of carbonyl (C=O) groups is 2. The summed E-state index contributed by atoms with van der Waals surface area (Å²) in [7, 11) is 1.62. The third-order valence-corrected chi connectivity index (χ3v) is 5.24. The van der Waals surface area contributed by atoms with Crippen molar-refractivity contribution >= 4 is 17.6 Å². The van der Waals surface area contributed by atoms with E-state index < -0.39 is 0 Å². The Labute approximate surface area is 192 Å². The van der Waals surface area contributed by atoms with Crippen molar-refractivity contribution in [3.05, 3.63) is 36.0 Å². The van der Waals surface area contributed by atoms with E-state index in [1.54, 1.807) is 16.7 Å². The molecule has 0 atom stereocenters. The first-order valence-corrected chi connectivity index (χ1v) is 11.5. The van der Waals surface area contributed by atoms with Crippen LogP contribution in [0, 0.1) is 0 Å². The predicted molar refractivity (Wildman–Crippen MR) is 128 cm³/mol. The number of nitrogens with one attached hydrogen (secondary N) is 1. The summed E-state index contributed by atoms with van der Waals surface area (Å²) in [5.41, 5.74) is 1.50. The van der Waals surface area contributed by atoms with Crippen LogP contribution < -0.4 is 10.1 Å². The maximum absolute atomic E-state index is 12.9. The third kappa shape index (κ3) is 7.11. The van der Waals surface area contributed by atoms with E-state index in [1.807, 2.05) is 37.3 Å². The van der Waals surface area contributed by atoms with E-state index in [0.29, 0.717) is 18.8 Å². The van der Waals surface area contributed by atoms with E-state index in [0.717, 1.165) is 42.8 Å². The van der Waals surface area contributed by atoms with Crippen molar-refractivity contribution < 1.29 is 14.3 Å². The lowest BCUT2D eigenvalue weighted by atomic mass is 9.92. The van der Waals surface area contributed by atoms with Crippen LogP contribution in [0.2, 0.25) is 0 Å². The molecule has 0 radical (unpaired) electrons. The van der Waals surface area contributed by atoms with Gasteiger partial charge in [-0.2, -0.15) is 5.10 Å². The van der Waals surface area contributed by atoms with Crippen molar-refractivity contribution in [2.24, 2.45) is 0 Å². The number of aromatic nitrogens is 2. The second kappa shape index (κ2) is 11.7. The Kier molecular flexibility index (Phi) is 9.29. The highest BCUT2D eigenvalue weighted by atomic mass is 16.5. The van der Waals surface area contributed by atoms with Gasteiger partial charge in [0.05, 0.1) is 25.0 Å². The van der Waals surface area contributed by atoms with Gasteiger partial charge in [-0.3, -0.25) is 9.59 Å². The molecule has 2 rings (SSSR count). The van der Waals surface area contributed by atoms with Crippen molar-refractivity contribution in [2.45, 2.75) is 72.1 Å². The summed E-state index contributed by atoms with van der Waals surface area (Å²) in [5.74, 6) is 1.14. The number of benzene rings is 1. The minimum absolute atomic E-state index is 0.0366. The number of hydrogen-bond donors (Lipinski definition) is 1. The molecule has 0 unspecified atom stereocenters. The Hall–Kier alpha value is -2.83. The predicted octanol–water partition coefficient (Wildman–Crippen LogP) is 4.94. The summed E-state index contributed by atoms with van der Waals surface area (Å²) in [6.07, 6.45) is 4.24. The monoisotopic (exact) mass is 442 g/mol. The highest BCUT2D eigenvalue weighted by Gasteiger charge is 2.23. The lowest BCUT2D eigenvalue weighted by molar-refractivity contribution is -0.134. The molecule has 0 saturated heterocycles. The lowest BCUT2D eigenvalue weighted by Gasteiger charge is -2.21. The first-order valence-electron chi connectivity index (χ1n) is 11.5. The van der Waals surface area contributed by atoms with Crippen LogP contribution in [0.25, 0.3) is 5.69 Å². The molecule has 2 amide bonds. The fourth-order valence-corrected chi connectivity index (χ4v) is 3.36. The molecule has 176 valence electrons. The van der Waals surface area contributed by atoms with Crippen molar-refractivity contribution in [2.75, 3.05) is 25.5 Å². The molecule has 0 bridgehead atoms. The summed E-state index contributed by atoms with van der Waals surface area (Å²) in [5, 5.41) is 7.72. The Morgan fingerprint density at radius 2 is 1.78 bits per heavy atom. The van der Waals surface area contributed by atoms with Gasteiger partial charge in [-0.25, -0.2) is 4.68 Å². The molecule has 0 fully saturated rings. The Morgan fingerprint density at radius 1 is 1.09 bits per heavy atom. The van der Waals surface area contributed by atoms with Crippen LogP contribution in [-0.2, 0) is 15.0 Å². The molecule has 0 aliphatic heterocycles. The number of methoxy groups -OCH3 is 1. The number of ether oxygens (including phenoxy) is 1. The molecule has 1 N–H and O–H groups in total. The average Bonchev–Trinajstić information content (AvgIpc) is 3.17. The van der Waals surface area contributed by atoms with Crippen LogP contribution in [0.5, 0.6) is 5.75 Å². The van der Waals surface area contributed by atoms with Gasteiger partial charge in [-0.05, 0) is 37.1 Å². The van der Waals surface area contributed by atoms with Crippen molar-refractivity contribution in [3.8, 4) is 11.4 Å². The van der Waals surface area contributed by atoms with Crippen molar-refractivity contribution in [1.82, 2.24) is 14.7 Å². The zero-order chi connectivity index (χ0) is 23.7. The second-order valence-corrected chi connectivity index (χ2v) is 9.10. The van der Waals surface area contributed by atoms with Crippen molar-refractivity contribution in [3.63, 3.8) is 0 Å². The number of amides is 2. The standard InChI is InChI=1S/C25H38N4O3/c1-7-9-10-11-24(31)28(16-8-2)18-23(30)26-22-17-21(25(3,4)5)27-29(22)19-12-14-20(32-6)15-13-19/h12-15,17H,7-11,16,18H2,1-6H3,(H,26,30). The first-order chi connectivity index (χ1) is 15.2. The third-order valence-electron chi connectivity index (χ3n) is 5.24. The maximum atomic E-state index is 12.9. The lowest BCUT2D eigenvalue weighted by Crippen LogP contribution is -2.38. The Balaban J connectivity index is 2.22. The van der Waals surface area contributed by atoms with Crippen LogP contribution in [-0.4, -0.2) is 46.7 Å². The summed E-state index contributed by atoms with van der Waals surface area (Å²) >= 11 is 0. The molecule has 0 saturated carbocycles. The number of unbranched alkanes of at least 4 members (excludes halogenated alkanes) is 2. The number of nitrogens with zero attached hydrogens (tertiary/aromatic N) is 3. The average molecular weight is 443 g/mol. The van der Waals surface area contributed by atoms with Gasteiger partial charge in [-0.1, -0.05) is 47.5 Å². The van der Waals surface area contributed by atoms with E-state index in [1.165, 1.54) is 0 Å². The normalized spacial score (nSPS) is 11.3. The smallest absolute Gasteiger partial charge is 0.245 e. The molecule has 1 aromatic heterocycles. The van der Waals surface area contributed by atoms with Crippen LogP contribution >= 0.6 is 0 Å². The van der Waals surface area contributed by atoms with Crippen LogP contribution in [0.1, 0.15) is 72.4 Å². The number of hydrogen-bond acceptors (Lipinski definition) is 4. The maximum Gasteiger partial charge on any atom is 0.245 e. The van der Waals surface area contributed by atoms with E-state index in [9.17, 15) is 9.59 Å². The Bertz CT molecular complexity index is 882. The molecule has 0 spiro atoms. The highest BCUT2D eigenvalue weighted by Crippen LogP contribution is 2.27. The zero-order valence-electron chi connectivity index (χ0n) is 20.4. The summed E-state index contributed by atoms with van der Waals surface area (Å²) in [6, 6.07) is 9.41. The molecule has 0 aliphatic carbocycles. The molecule has 7 heteroatoms. The van der Waals surface area contributed by atoms with Crippen molar-refractivity contribution in [1.29, 1.82) is 0 Å². The molecular weight excluding hydrogens is 404 g/mol.